The third-order valence-corrected chi connectivity index (χ3v) is 6.84. The molecule has 0 aliphatic rings. The van der Waals surface area contributed by atoms with Crippen LogP contribution in [-0.2, 0) is 11.3 Å². The normalized spacial score (nSPS) is 11.1. The van der Waals surface area contributed by atoms with Gasteiger partial charge in [0.15, 0.2) is 5.16 Å². The number of amides is 1. The van der Waals surface area contributed by atoms with E-state index in [9.17, 15) is 9.59 Å². The fourth-order valence-corrected chi connectivity index (χ4v) is 4.81. The Morgan fingerprint density at radius 2 is 2.07 bits per heavy atom. The van der Waals surface area contributed by atoms with E-state index < -0.39 is 0 Å². The molecule has 1 aromatic carbocycles. The minimum Gasteiger partial charge on any atom is -0.325 e. The van der Waals surface area contributed by atoms with Crippen LogP contribution in [0.15, 0.2) is 28.2 Å². The van der Waals surface area contributed by atoms with Gasteiger partial charge in [-0.05, 0) is 51.0 Å². The number of rotatable bonds is 5. The summed E-state index contributed by atoms with van der Waals surface area (Å²) in [6, 6.07) is 5.40. The second-order valence-electron chi connectivity index (χ2n) is 6.21. The zero-order chi connectivity index (χ0) is 19.7. The van der Waals surface area contributed by atoms with E-state index in [-0.39, 0.29) is 17.2 Å². The molecule has 2 aromatic heterocycles. The predicted molar refractivity (Wildman–Crippen MR) is 115 cm³/mol. The largest absolute Gasteiger partial charge is 0.325 e. The number of hydrogen-bond acceptors (Lipinski definition) is 5. The van der Waals surface area contributed by atoms with Crippen LogP contribution in [0.4, 0.5) is 5.69 Å². The van der Waals surface area contributed by atoms with E-state index in [1.807, 2.05) is 39.8 Å². The van der Waals surface area contributed by atoms with Gasteiger partial charge in [-0.1, -0.05) is 29.4 Å². The molecule has 27 heavy (non-hydrogen) atoms. The van der Waals surface area contributed by atoms with Crippen LogP contribution in [0.3, 0.4) is 0 Å². The quantitative estimate of drug-likeness (QED) is 0.475. The van der Waals surface area contributed by atoms with Crippen molar-refractivity contribution in [1.82, 2.24) is 9.55 Å². The first-order valence-corrected chi connectivity index (χ1v) is 10.7. The summed E-state index contributed by atoms with van der Waals surface area (Å²) < 4.78 is 1.63. The molecule has 0 bridgehead atoms. The van der Waals surface area contributed by atoms with E-state index in [1.54, 1.807) is 10.6 Å². The fourth-order valence-electron chi connectivity index (χ4n) is 2.70. The van der Waals surface area contributed by atoms with Gasteiger partial charge < -0.3 is 5.32 Å². The lowest BCUT2D eigenvalue weighted by molar-refractivity contribution is -0.113. The summed E-state index contributed by atoms with van der Waals surface area (Å²) in [6.45, 7) is 8.26. The first-order valence-electron chi connectivity index (χ1n) is 8.51. The Bertz CT molecular complexity index is 1090. The lowest BCUT2D eigenvalue weighted by Crippen LogP contribution is -2.23. The monoisotopic (exact) mass is 421 g/mol. The summed E-state index contributed by atoms with van der Waals surface area (Å²) in [7, 11) is 0. The number of nitrogens with zero attached hydrogens (tertiary/aromatic N) is 2. The van der Waals surface area contributed by atoms with Crippen molar-refractivity contribution in [3.63, 3.8) is 0 Å². The molecular weight excluding hydrogens is 402 g/mol. The summed E-state index contributed by atoms with van der Waals surface area (Å²) in [6.07, 6.45) is 0. The summed E-state index contributed by atoms with van der Waals surface area (Å²) in [5.41, 5.74) is 2.55. The molecular formula is C19H20ClN3O2S2. The Labute approximate surface area is 170 Å². The van der Waals surface area contributed by atoms with Crippen LogP contribution < -0.4 is 10.9 Å². The van der Waals surface area contributed by atoms with Crippen LogP contribution in [0.25, 0.3) is 10.2 Å². The van der Waals surface area contributed by atoms with Gasteiger partial charge in [0.25, 0.3) is 5.56 Å². The van der Waals surface area contributed by atoms with Gasteiger partial charge in [0, 0.05) is 22.1 Å². The van der Waals surface area contributed by atoms with Crippen LogP contribution in [0.5, 0.6) is 0 Å². The number of aryl methyl sites for hydroxylation is 3. The molecule has 0 saturated carbocycles. The van der Waals surface area contributed by atoms with Gasteiger partial charge in [-0.3, -0.25) is 14.2 Å². The Kier molecular flexibility index (Phi) is 5.93. The van der Waals surface area contributed by atoms with Crippen LogP contribution in [0.1, 0.15) is 22.9 Å². The second kappa shape index (κ2) is 8.04. The molecule has 142 valence electrons. The lowest BCUT2D eigenvalue weighted by Gasteiger charge is -2.10. The van der Waals surface area contributed by atoms with Crippen LogP contribution >= 0.6 is 34.7 Å². The van der Waals surface area contributed by atoms with E-state index in [2.05, 4.69) is 10.3 Å². The molecule has 0 unspecified atom stereocenters. The highest BCUT2D eigenvalue weighted by Gasteiger charge is 2.17. The molecule has 3 rings (SSSR count). The molecule has 0 spiro atoms. The Morgan fingerprint density at radius 1 is 1.33 bits per heavy atom. The van der Waals surface area contributed by atoms with Gasteiger partial charge >= 0.3 is 0 Å². The number of aromatic nitrogens is 2. The molecule has 3 aromatic rings. The number of carbonyl (C=O) groups excluding carboxylic acids is 1. The van der Waals surface area contributed by atoms with E-state index in [0.29, 0.717) is 27.8 Å². The highest BCUT2D eigenvalue weighted by molar-refractivity contribution is 7.99. The third kappa shape index (κ3) is 4.05. The maximum Gasteiger partial charge on any atom is 0.263 e. The molecule has 5 nitrogen and oxygen atoms in total. The average Bonchev–Trinajstić information content (AvgIpc) is 2.91. The number of benzene rings is 1. The smallest absolute Gasteiger partial charge is 0.263 e. The number of hydrogen-bond donors (Lipinski definition) is 1. The fraction of sp³-hybridized carbons (Fsp3) is 0.316. The number of thiophene rings is 1. The number of thioether (sulfide) groups is 1. The van der Waals surface area contributed by atoms with Crippen molar-refractivity contribution in [3.8, 4) is 0 Å². The minimum absolute atomic E-state index is 0.0439. The van der Waals surface area contributed by atoms with Gasteiger partial charge in [-0.2, -0.15) is 0 Å². The first-order chi connectivity index (χ1) is 12.8. The zero-order valence-corrected chi connectivity index (χ0v) is 17.9. The van der Waals surface area contributed by atoms with Gasteiger partial charge in [0.05, 0.1) is 11.1 Å². The topological polar surface area (TPSA) is 64.0 Å². The van der Waals surface area contributed by atoms with Crippen molar-refractivity contribution >= 4 is 56.5 Å². The van der Waals surface area contributed by atoms with Gasteiger partial charge in [0.2, 0.25) is 5.91 Å². The molecule has 0 aliphatic carbocycles. The van der Waals surface area contributed by atoms with Crippen molar-refractivity contribution in [2.24, 2.45) is 0 Å². The SMILES string of the molecule is CCn1c(SCC(=O)Nc2ccc(C)c(Cl)c2)nc2sc(C)c(C)c2c1=O. The number of fused-ring (bicyclic) bond motifs is 1. The van der Waals surface area contributed by atoms with Crippen LogP contribution in [0, 0.1) is 20.8 Å². The maximum absolute atomic E-state index is 12.8. The van der Waals surface area contributed by atoms with Crippen molar-refractivity contribution < 1.29 is 4.79 Å². The average molecular weight is 422 g/mol. The van der Waals surface area contributed by atoms with Crippen molar-refractivity contribution in [2.45, 2.75) is 39.4 Å². The Hall–Kier alpha value is -1.83. The number of anilines is 1. The molecule has 1 amide bonds. The number of carbonyl (C=O) groups is 1. The number of halogens is 1. The first kappa shape index (κ1) is 19.9. The van der Waals surface area contributed by atoms with E-state index in [4.69, 9.17) is 11.6 Å². The molecule has 0 radical (unpaired) electrons. The molecule has 8 heteroatoms. The van der Waals surface area contributed by atoms with Crippen molar-refractivity contribution in [1.29, 1.82) is 0 Å². The van der Waals surface area contributed by atoms with Crippen LogP contribution in [0.2, 0.25) is 5.02 Å². The van der Waals surface area contributed by atoms with Crippen molar-refractivity contribution in [2.75, 3.05) is 11.1 Å². The summed E-state index contributed by atoms with van der Waals surface area (Å²) in [5.74, 6) is -0.0114. The summed E-state index contributed by atoms with van der Waals surface area (Å²) in [5, 5.41) is 4.68. The predicted octanol–water partition coefficient (Wildman–Crippen LogP) is 4.79. The Morgan fingerprint density at radius 3 is 2.74 bits per heavy atom. The standard InChI is InChI=1S/C19H20ClN3O2S2/c1-5-23-18(25)16-11(3)12(4)27-17(16)22-19(23)26-9-15(24)21-13-7-6-10(2)14(20)8-13/h6-8H,5,9H2,1-4H3,(H,21,24). The third-order valence-electron chi connectivity index (χ3n) is 4.36. The van der Waals surface area contributed by atoms with Gasteiger partial charge in [-0.25, -0.2) is 4.98 Å². The highest BCUT2D eigenvalue weighted by Crippen LogP contribution is 2.28. The molecule has 0 saturated heterocycles. The van der Waals surface area contributed by atoms with Gasteiger partial charge in [-0.15, -0.1) is 11.3 Å². The Balaban J connectivity index is 1.80. The summed E-state index contributed by atoms with van der Waals surface area (Å²) in [4.78, 5) is 31.6. The minimum atomic E-state index is -0.171. The van der Waals surface area contributed by atoms with Crippen LogP contribution in [-0.4, -0.2) is 21.2 Å². The van der Waals surface area contributed by atoms with E-state index in [1.165, 1.54) is 23.1 Å². The molecule has 0 aliphatic heterocycles. The maximum atomic E-state index is 12.8. The molecule has 0 fully saturated rings. The molecule has 1 N–H and O–H groups in total. The zero-order valence-electron chi connectivity index (χ0n) is 15.6. The van der Waals surface area contributed by atoms with E-state index >= 15 is 0 Å². The van der Waals surface area contributed by atoms with Gasteiger partial charge in [0.1, 0.15) is 4.83 Å². The molecule has 0 atom stereocenters. The van der Waals surface area contributed by atoms with Crippen molar-refractivity contribution in [3.05, 3.63) is 49.6 Å². The van der Waals surface area contributed by atoms with E-state index in [0.717, 1.165) is 20.8 Å². The number of nitrogens with one attached hydrogen (secondary N) is 1. The summed E-state index contributed by atoms with van der Waals surface area (Å²) >= 11 is 8.87. The lowest BCUT2D eigenvalue weighted by atomic mass is 10.2. The molecule has 2 heterocycles. The second-order valence-corrected chi connectivity index (χ2v) is 8.76. The highest BCUT2D eigenvalue weighted by atomic mass is 35.5.